The van der Waals surface area contributed by atoms with Crippen LogP contribution < -0.4 is 0 Å². The molecular formula is C8H10Cl2O3. The smallest absolute Gasteiger partial charge is 0.307 e. The highest BCUT2D eigenvalue weighted by Gasteiger charge is 2.64. The Balaban J connectivity index is 2.79. The predicted octanol–water partition coefficient (Wildman–Crippen LogP) is 1.63. The number of aliphatic hydroxyl groups is 1. The van der Waals surface area contributed by atoms with Gasteiger partial charge in [0, 0.05) is 17.9 Å². The van der Waals surface area contributed by atoms with Crippen molar-refractivity contribution in [1.82, 2.24) is 0 Å². The number of aliphatic carboxylic acids is 1. The number of aliphatic hydroxyl groups excluding tert-OH is 1. The van der Waals surface area contributed by atoms with Gasteiger partial charge >= 0.3 is 5.97 Å². The topological polar surface area (TPSA) is 57.5 Å². The highest BCUT2D eigenvalue weighted by Crippen LogP contribution is 2.59. The van der Waals surface area contributed by atoms with Crippen LogP contribution in [0.15, 0.2) is 10.6 Å². The molecule has 1 aliphatic rings. The lowest BCUT2D eigenvalue weighted by Crippen LogP contribution is -2.10. The van der Waals surface area contributed by atoms with Crippen LogP contribution in [-0.2, 0) is 4.79 Å². The minimum absolute atomic E-state index is 0.0495. The molecule has 0 aliphatic heterocycles. The van der Waals surface area contributed by atoms with Crippen LogP contribution in [0.2, 0.25) is 0 Å². The second-order valence-electron chi connectivity index (χ2n) is 3.46. The largest absolute Gasteiger partial charge is 0.481 e. The van der Waals surface area contributed by atoms with Gasteiger partial charge in [-0.25, -0.2) is 0 Å². The van der Waals surface area contributed by atoms with Crippen molar-refractivity contribution in [3.8, 4) is 0 Å². The van der Waals surface area contributed by atoms with E-state index in [1.54, 1.807) is 6.92 Å². The molecule has 0 aromatic rings. The molecule has 0 amide bonds. The van der Waals surface area contributed by atoms with Crippen LogP contribution in [-0.4, -0.2) is 22.8 Å². The van der Waals surface area contributed by atoms with Crippen LogP contribution in [0.1, 0.15) is 6.92 Å². The Morgan fingerprint density at radius 3 is 2.38 bits per heavy atom. The summed E-state index contributed by atoms with van der Waals surface area (Å²) in [6.45, 7) is 1.52. The minimum Gasteiger partial charge on any atom is -0.481 e. The van der Waals surface area contributed by atoms with Crippen LogP contribution >= 0.6 is 23.2 Å². The summed E-state index contributed by atoms with van der Waals surface area (Å²) in [5.41, 5.74) is -0.610. The van der Waals surface area contributed by atoms with Crippen molar-refractivity contribution in [3.05, 3.63) is 10.6 Å². The lowest BCUT2D eigenvalue weighted by molar-refractivity contribution is -0.139. The van der Waals surface area contributed by atoms with Gasteiger partial charge in [-0.1, -0.05) is 30.1 Å². The van der Waals surface area contributed by atoms with E-state index < -0.39 is 17.3 Å². The van der Waals surface area contributed by atoms with E-state index >= 15 is 0 Å². The molecule has 1 saturated carbocycles. The van der Waals surface area contributed by atoms with E-state index in [1.165, 1.54) is 6.08 Å². The molecule has 3 atom stereocenters. The average molecular weight is 225 g/mol. The van der Waals surface area contributed by atoms with Gasteiger partial charge in [0.25, 0.3) is 0 Å². The molecule has 13 heavy (non-hydrogen) atoms. The van der Waals surface area contributed by atoms with E-state index in [2.05, 4.69) is 0 Å². The third-order valence-corrected chi connectivity index (χ3v) is 2.89. The quantitative estimate of drug-likeness (QED) is 0.767. The van der Waals surface area contributed by atoms with Gasteiger partial charge in [0.05, 0.1) is 5.92 Å². The Morgan fingerprint density at radius 2 is 2.15 bits per heavy atom. The van der Waals surface area contributed by atoms with Crippen molar-refractivity contribution in [1.29, 1.82) is 0 Å². The van der Waals surface area contributed by atoms with E-state index in [0.717, 1.165) is 0 Å². The lowest BCUT2D eigenvalue weighted by atomic mass is 10.1. The molecule has 0 bridgehead atoms. The van der Waals surface area contributed by atoms with Crippen molar-refractivity contribution in [2.24, 2.45) is 17.3 Å². The maximum Gasteiger partial charge on any atom is 0.307 e. The molecule has 0 aromatic carbocycles. The first-order valence-corrected chi connectivity index (χ1v) is 4.55. The Morgan fingerprint density at radius 1 is 1.62 bits per heavy atom. The maximum absolute atomic E-state index is 10.7. The Bertz CT molecular complexity index is 260. The number of allylic oxidation sites excluding steroid dienone is 1. The summed E-state index contributed by atoms with van der Waals surface area (Å²) in [5, 5.41) is 17.8. The normalized spacial score (nSPS) is 36.9. The highest BCUT2D eigenvalue weighted by atomic mass is 35.5. The molecule has 0 aromatic heterocycles. The molecule has 2 N–H and O–H groups in total. The van der Waals surface area contributed by atoms with Crippen LogP contribution in [0.25, 0.3) is 0 Å². The second-order valence-corrected chi connectivity index (χ2v) is 4.47. The van der Waals surface area contributed by atoms with Crippen molar-refractivity contribution in [3.63, 3.8) is 0 Å². The fourth-order valence-electron chi connectivity index (χ4n) is 1.66. The van der Waals surface area contributed by atoms with Gasteiger partial charge in [-0.15, -0.1) is 0 Å². The van der Waals surface area contributed by atoms with Crippen LogP contribution in [0.4, 0.5) is 0 Å². The zero-order chi connectivity index (χ0) is 10.2. The second kappa shape index (κ2) is 3.48. The van der Waals surface area contributed by atoms with Crippen molar-refractivity contribution < 1.29 is 15.0 Å². The number of hydrogen-bond acceptors (Lipinski definition) is 2. The molecule has 3 nitrogen and oxygen atoms in total. The van der Waals surface area contributed by atoms with Gasteiger partial charge in [0.15, 0.2) is 0 Å². The van der Waals surface area contributed by atoms with Gasteiger partial charge in [0.2, 0.25) is 0 Å². The lowest BCUT2D eigenvalue weighted by Gasteiger charge is -2.02. The number of carboxylic acids is 1. The Labute approximate surface area is 86.0 Å². The third-order valence-electron chi connectivity index (χ3n) is 2.63. The molecule has 1 unspecified atom stereocenters. The van der Waals surface area contributed by atoms with E-state index in [1.807, 2.05) is 0 Å². The monoisotopic (exact) mass is 224 g/mol. The van der Waals surface area contributed by atoms with Gasteiger partial charge in [-0.3, -0.25) is 4.79 Å². The molecule has 0 heterocycles. The number of hydrogen-bond donors (Lipinski definition) is 2. The van der Waals surface area contributed by atoms with E-state index in [9.17, 15) is 4.79 Å². The molecule has 1 fully saturated rings. The van der Waals surface area contributed by atoms with Gasteiger partial charge in [-0.2, -0.15) is 0 Å². The average Bonchev–Trinajstić information content (AvgIpc) is 2.56. The molecule has 0 saturated heterocycles. The number of carbonyl (C=O) groups is 1. The van der Waals surface area contributed by atoms with Crippen LogP contribution in [0.3, 0.4) is 0 Å². The Kier molecular flexibility index (Phi) is 2.90. The zero-order valence-corrected chi connectivity index (χ0v) is 8.51. The van der Waals surface area contributed by atoms with Gasteiger partial charge in [0.1, 0.15) is 4.49 Å². The standard InChI is InChI=1S/C8H10Cl2O3/c1-8(3-11)4(2-5(9)10)6(8)7(12)13/h2,4,6,11H,3H2,1H3,(H,12,13)/t4?,6-,8+/m0/s1. The van der Waals surface area contributed by atoms with Crippen LogP contribution in [0, 0.1) is 17.3 Å². The predicted molar refractivity (Wildman–Crippen MR) is 49.6 cm³/mol. The highest BCUT2D eigenvalue weighted by molar-refractivity contribution is 6.55. The van der Waals surface area contributed by atoms with Crippen molar-refractivity contribution in [2.45, 2.75) is 6.92 Å². The molecule has 5 heteroatoms. The summed E-state index contributed by atoms with van der Waals surface area (Å²) in [6, 6.07) is 0. The number of halogens is 2. The molecular weight excluding hydrogens is 215 g/mol. The van der Waals surface area contributed by atoms with E-state index in [-0.39, 0.29) is 17.0 Å². The molecule has 1 aliphatic carbocycles. The van der Waals surface area contributed by atoms with E-state index in [4.69, 9.17) is 33.4 Å². The Hall–Kier alpha value is -0.250. The third kappa shape index (κ3) is 1.82. The summed E-state index contributed by atoms with van der Waals surface area (Å²) in [7, 11) is 0. The molecule has 74 valence electrons. The minimum atomic E-state index is -0.924. The zero-order valence-electron chi connectivity index (χ0n) is 7.00. The first-order chi connectivity index (χ1) is 5.93. The molecule has 0 spiro atoms. The summed E-state index contributed by atoms with van der Waals surface area (Å²) in [5.74, 6) is -1.77. The number of rotatable bonds is 3. The molecule has 0 radical (unpaired) electrons. The maximum atomic E-state index is 10.7. The summed E-state index contributed by atoms with van der Waals surface area (Å²) in [4.78, 5) is 10.7. The fraction of sp³-hybridized carbons (Fsp3) is 0.625. The van der Waals surface area contributed by atoms with Crippen LogP contribution in [0.5, 0.6) is 0 Å². The summed E-state index contributed by atoms with van der Waals surface area (Å²) >= 11 is 10.8. The van der Waals surface area contributed by atoms with Gasteiger partial charge in [-0.05, 0) is 6.08 Å². The SMILES string of the molecule is C[C@@]1(CO)C(C=C(Cl)Cl)[C@H]1C(=O)O. The summed E-state index contributed by atoms with van der Waals surface area (Å²) in [6.07, 6.45) is 1.47. The van der Waals surface area contributed by atoms with E-state index in [0.29, 0.717) is 0 Å². The summed E-state index contributed by atoms with van der Waals surface area (Å²) < 4.78 is 0.0495. The van der Waals surface area contributed by atoms with Gasteiger partial charge < -0.3 is 10.2 Å². The van der Waals surface area contributed by atoms with Crippen molar-refractivity contribution in [2.75, 3.05) is 6.61 Å². The molecule has 1 rings (SSSR count). The fourth-order valence-corrected chi connectivity index (χ4v) is 1.93. The number of carboxylic acid groups (broad SMARTS) is 1. The first-order valence-electron chi connectivity index (χ1n) is 3.80. The van der Waals surface area contributed by atoms with Crippen molar-refractivity contribution >= 4 is 29.2 Å². The first kappa shape index (κ1) is 10.8.